The molecule has 3 nitrogen and oxygen atoms in total. The third-order valence-electron chi connectivity index (χ3n) is 2.26. The van der Waals surface area contributed by atoms with Crippen molar-refractivity contribution >= 4 is 0 Å². The normalized spacial score (nSPS) is 18.0. The van der Waals surface area contributed by atoms with E-state index in [-0.39, 0.29) is 11.5 Å². The van der Waals surface area contributed by atoms with Gasteiger partial charge < -0.3 is 0 Å². The summed E-state index contributed by atoms with van der Waals surface area (Å²) < 4.78 is 0. The van der Waals surface area contributed by atoms with Gasteiger partial charge in [-0.05, 0) is 18.3 Å². The Morgan fingerprint density at radius 1 is 1.18 bits per heavy atom. The second-order valence-corrected chi connectivity index (χ2v) is 4.03. The van der Waals surface area contributed by atoms with Gasteiger partial charge in [-0.25, -0.2) is 10.1 Å². The second-order valence-electron chi connectivity index (χ2n) is 4.03. The van der Waals surface area contributed by atoms with Crippen LogP contribution in [0.1, 0.15) is 34.6 Å². The predicted octanol–water partition coefficient (Wildman–Crippen LogP) is 2.48. The molecule has 2 unspecified atom stereocenters. The summed E-state index contributed by atoms with van der Waals surface area (Å²) >= 11 is 0. The number of rotatable bonds is 3. The third kappa shape index (κ3) is 3.70. The number of hydrogen-bond acceptors (Lipinski definition) is 3. The van der Waals surface area contributed by atoms with Crippen molar-refractivity contribution in [3.63, 3.8) is 0 Å². The van der Waals surface area contributed by atoms with Crippen LogP contribution in [-0.4, -0.2) is 11.4 Å². The van der Waals surface area contributed by atoms with Crippen molar-refractivity contribution in [2.75, 3.05) is 0 Å². The van der Waals surface area contributed by atoms with Crippen molar-refractivity contribution in [2.24, 2.45) is 11.3 Å². The summed E-state index contributed by atoms with van der Waals surface area (Å²) in [7, 11) is 0. The molecule has 0 aromatic heterocycles. The van der Waals surface area contributed by atoms with Gasteiger partial charge in [0.1, 0.15) is 0 Å². The van der Waals surface area contributed by atoms with Gasteiger partial charge in [0.2, 0.25) is 0 Å². The van der Waals surface area contributed by atoms with Crippen LogP contribution in [0.2, 0.25) is 0 Å². The summed E-state index contributed by atoms with van der Waals surface area (Å²) in [5, 5.41) is 11.6. The van der Waals surface area contributed by atoms with Gasteiger partial charge in [0, 0.05) is 0 Å². The first-order valence-electron chi connectivity index (χ1n) is 3.86. The van der Waals surface area contributed by atoms with Gasteiger partial charge in [-0.1, -0.05) is 32.7 Å². The van der Waals surface area contributed by atoms with Gasteiger partial charge in [-0.3, -0.25) is 0 Å². The van der Waals surface area contributed by atoms with Crippen LogP contribution >= 0.6 is 0 Å². The summed E-state index contributed by atoms with van der Waals surface area (Å²) in [5.74, 6) is 0.328. The molecule has 3 heteroatoms. The lowest BCUT2D eigenvalue weighted by molar-refractivity contribution is -0.509. The highest BCUT2D eigenvalue weighted by molar-refractivity contribution is 4.74. The first-order chi connectivity index (χ1) is 4.89. The van der Waals surface area contributed by atoms with E-state index in [0.29, 0.717) is 5.92 Å². The number of hydrogen-bond donors (Lipinski definition) is 1. The van der Waals surface area contributed by atoms with Gasteiger partial charge in [-0.15, -0.1) is 0 Å². The van der Waals surface area contributed by atoms with E-state index in [0.717, 1.165) is 0 Å². The first kappa shape index (κ1) is 10.9. The Bertz CT molecular complexity index is 106. The van der Waals surface area contributed by atoms with Gasteiger partial charge >= 0.3 is 0 Å². The van der Waals surface area contributed by atoms with Crippen LogP contribution in [0.3, 0.4) is 0 Å². The average molecular weight is 162 g/mol. The van der Waals surface area contributed by atoms with Crippen molar-refractivity contribution in [1.82, 2.24) is 0 Å². The Balaban J connectivity index is 3.91. The van der Waals surface area contributed by atoms with Gasteiger partial charge in [0.25, 0.3) is 0 Å². The average Bonchev–Trinajstić information content (AvgIpc) is 1.85. The van der Waals surface area contributed by atoms with Gasteiger partial charge in [0.15, 0.2) is 0 Å². The van der Waals surface area contributed by atoms with Crippen LogP contribution in [0.25, 0.3) is 0 Å². The van der Waals surface area contributed by atoms with E-state index in [9.17, 15) is 0 Å². The predicted molar refractivity (Wildman–Crippen MR) is 42.9 cm³/mol. The third-order valence-corrected chi connectivity index (χ3v) is 2.26. The fraction of sp³-hybridized carbons (Fsp3) is 1.00. The zero-order chi connectivity index (χ0) is 9.07. The Hall–Kier alpha value is -0.120. The van der Waals surface area contributed by atoms with E-state index in [1.54, 1.807) is 0 Å². The molecule has 68 valence electrons. The second kappa shape index (κ2) is 4.04. The van der Waals surface area contributed by atoms with Crippen LogP contribution in [0.15, 0.2) is 0 Å². The summed E-state index contributed by atoms with van der Waals surface area (Å²) in [6, 6.07) is 0. The maximum absolute atomic E-state index is 8.03. The molecule has 0 radical (unpaired) electrons. The topological polar surface area (TPSA) is 38.7 Å². The van der Waals surface area contributed by atoms with Crippen LogP contribution in [-0.2, 0) is 9.93 Å². The molecule has 0 amide bonds. The van der Waals surface area contributed by atoms with Crippen molar-refractivity contribution in [3.8, 4) is 0 Å². The van der Waals surface area contributed by atoms with Crippen molar-refractivity contribution in [2.45, 2.75) is 40.7 Å². The molecule has 0 aromatic carbocycles. The lowest BCUT2D eigenvalue weighted by Crippen LogP contribution is -2.29. The molecule has 0 spiro atoms. The fourth-order valence-corrected chi connectivity index (χ4v) is 0.855. The molecule has 0 rings (SSSR count). The smallest absolute Gasteiger partial charge is 0.0963 e. The molecule has 0 aliphatic heterocycles. The molecule has 2 atom stereocenters. The minimum Gasteiger partial charge on any atom is -0.221 e. The molecule has 0 bridgehead atoms. The Morgan fingerprint density at radius 2 is 1.64 bits per heavy atom. The van der Waals surface area contributed by atoms with Crippen LogP contribution < -0.4 is 0 Å². The molecule has 0 aliphatic rings. The van der Waals surface area contributed by atoms with Crippen LogP contribution in [0.5, 0.6) is 0 Å². The van der Waals surface area contributed by atoms with E-state index in [1.807, 2.05) is 6.92 Å². The monoisotopic (exact) mass is 162 g/mol. The van der Waals surface area contributed by atoms with Crippen molar-refractivity contribution < 1.29 is 15.2 Å². The standard InChI is InChI=1S/C8H18O3/c1-6(8(3,4)5)7(2)10-11-9/h6-7,9H,1-5H3. The molecule has 0 saturated carbocycles. The van der Waals surface area contributed by atoms with Gasteiger partial charge in [0.05, 0.1) is 6.10 Å². The SMILES string of the molecule is CC(OOO)C(C)C(C)(C)C. The molecule has 0 saturated heterocycles. The molecule has 0 aliphatic carbocycles. The fourth-order valence-electron chi connectivity index (χ4n) is 0.855. The maximum Gasteiger partial charge on any atom is 0.0963 e. The minimum absolute atomic E-state index is 0.0972. The quantitative estimate of drug-likeness (QED) is 0.511. The zero-order valence-electron chi connectivity index (χ0n) is 7.92. The van der Waals surface area contributed by atoms with Gasteiger partial charge in [-0.2, -0.15) is 0 Å². The summed E-state index contributed by atoms with van der Waals surface area (Å²) in [5.41, 5.74) is 0.165. The van der Waals surface area contributed by atoms with E-state index in [1.165, 1.54) is 0 Å². The zero-order valence-corrected chi connectivity index (χ0v) is 7.92. The lowest BCUT2D eigenvalue weighted by atomic mass is 9.79. The van der Waals surface area contributed by atoms with E-state index < -0.39 is 0 Å². The largest absolute Gasteiger partial charge is 0.221 e. The van der Waals surface area contributed by atoms with Crippen molar-refractivity contribution in [1.29, 1.82) is 0 Å². The minimum atomic E-state index is -0.0972. The highest BCUT2D eigenvalue weighted by Gasteiger charge is 2.26. The van der Waals surface area contributed by atoms with E-state index in [2.05, 4.69) is 37.6 Å². The van der Waals surface area contributed by atoms with Crippen molar-refractivity contribution in [3.05, 3.63) is 0 Å². The molecule has 0 aromatic rings. The summed E-state index contributed by atoms with van der Waals surface area (Å²) in [6.07, 6.45) is -0.0972. The van der Waals surface area contributed by atoms with Crippen LogP contribution in [0, 0.1) is 11.3 Å². The Labute approximate surface area is 68.2 Å². The summed E-state index contributed by atoms with van der Waals surface area (Å²) in [6.45, 7) is 10.3. The molecular formula is C8H18O3. The molecule has 1 N–H and O–H groups in total. The molecule has 0 heterocycles. The van der Waals surface area contributed by atoms with E-state index in [4.69, 9.17) is 5.26 Å². The maximum atomic E-state index is 8.03. The molecule has 11 heavy (non-hydrogen) atoms. The van der Waals surface area contributed by atoms with E-state index >= 15 is 0 Å². The molecule has 0 fully saturated rings. The Kier molecular flexibility index (Phi) is 4.00. The Morgan fingerprint density at radius 3 is 1.91 bits per heavy atom. The lowest BCUT2D eigenvalue weighted by Gasteiger charge is -2.30. The first-order valence-corrected chi connectivity index (χ1v) is 3.86. The molecular weight excluding hydrogens is 144 g/mol. The van der Waals surface area contributed by atoms with Crippen LogP contribution in [0.4, 0.5) is 0 Å². The highest BCUT2D eigenvalue weighted by Crippen LogP contribution is 2.29. The summed E-state index contributed by atoms with van der Waals surface area (Å²) in [4.78, 5) is 4.59. The highest BCUT2D eigenvalue weighted by atomic mass is 17.5.